The minimum absolute atomic E-state index is 0.164. The van der Waals surface area contributed by atoms with Gasteiger partial charge in [-0.05, 0) is 13.0 Å². The predicted molar refractivity (Wildman–Crippen MR) is 65.2 cm³/mol. The average molecular weight is 269 g/mol. The van der Waals surface area contributed by atoms with Crippen molar-refractivity contribution in [2.24, 2.45) is 7.05 Å². The highest BCUT2D eigenvalue weighted by atomic mass is 32.2. The lowest BCUT2D eigenvalue weighted by Gasteiger charge is -2.13. The summed E-state index contributed by atoms with van der Waals surface area (Å²) in [5.41, 5.74) is 0. The zero-order chi connectivity index (χ0) is 13.2. The van der Waals surface area contributed by atoms with Crippen molar-refractivity contribution in [2.75, 3.05) is 0 Å². The Hall–Kier alpha value is -1.67. The van der Waals surface area contributed by atoms with Crippen LogP contribution in [-0.4, -0.2) is 34.0 Å². The fourth-order valence-corrected chi connectivity index (χ4v) is 2.81. The van der Waals surface area contributed by atoms with Crippen LogP contribution >= 0.6 is 0 Å². The zero-order valence-electron chi connectivity index (χ0n) is 10.2. The maximum absolute atomic E-state index is 12.0. The molecule has 18 heavy (non-hydrogen) atoms. The van der Waals surface area contributed by atoms with Crippen LogP contribution in [0.4, 0.5) is 0 Å². The summed E-state index contributed by atoms with van der Waals surface area (Å²) in [6, 6.07) is 1.54. The van der Waals surface area contributed by atoms with Gasteiger partial charge in [0.15, 0.2) is 0 Å². The van der Waals surface area contributed by atoms with E-state index < -0.39 is 10.0 Å². The van der Waals surface area contributed by atoms with Crippen LogP contribution in [0.1, 0.15) is 6.92 Å². The lowest BCUT2D eigenvalue weighted by atomic mass is 10.4. The molecule has 0 spiro atoms. The fourth-order valence-electron chi connectivity index (χ4n) is 1.60. The Kier molecular flexibility index (Phi) is 3.48. The van der Waals surface area contributed by atoms with Crippen molar-refractivity contribution in [2.45, 2.75) is 24.4 Å². The molecule has 2 aromatic heterocycles. The van der Waals surface area contributed by atoms with Crippen molar-refractivity contribution in [3.63, 3.8) is 0 Å². The molecule has 0 amide bonds. The molecule has 0 saturated carbocycles. The molecule has 0 unspecified atom stereocenters. The van der Waals surface area contributed by atoms with Gasteiger partial charge in [-0.2, -0.15) is 10.2 Å². The molecule has 2 rings (SSSR count). The van der Waals surface area contributed by atoms with Gasteiger partial charge in [0.25, 0.3) is 0 Å². The second-order valence-corrected chi connectivity index (χ2v) is 5.81. The third kappa shape index (κ3) is 2.96. The minimum atomic E-state index is -3.52. The first-order valence-electron chi connectivity index (χ1n) is 5.46. The van der Waals surface area contributed by atoms with E-state index in [1.807, 2.05) is 0 Å². The molecule has 7 nitrogen and oxygen atoms in total. The van der Waals surface area contributed by atoms with Gasteiger partial charge in [0.2, 0.25) is 10.0 Å². The van der Waals surface area contributed by atoms with Gasteiger partial charge < -0.3 is 0 Å². The highest BCUT2D eigenvalue weighted by molar-refractivity contribution is 7.89. The molecule has 0 bridgehead atoms. The van der Waals surface area contributed by atoms with Crippen LogP contribution < -0.4 is 4.72 Å². The Balaban J connectivity index is 2.04. The number of aromatic nitrogens is 4. The van der Waals surface area contributed by atoms with Gasteiger partial charge in [0.1, 0.15) is 4.90 Å². The number of rotatable bonds is 5. The molecule has 2 heterocycles. The van der Waals surface area contributed by atoms with Crippen LogP contribution in [0, 0.1) is 0 Å². The van der Waals surface area contributed by atoms with Crippen LogP contribution in [0.25, 0.3) is 0 Å². The summed E-state index contributed by atoms with van der Waals surface area (Å²) < 4.78 is 29.7. The Morgan fingerprint density at radius 2 is 2.22 bits per heavy atom. The minimum Gasteiger partial charge on any atom is -0.274 e. The molecule has 0 fully saturated rings. The highest BCUT2D eigenvalue weighted by Gasteiger charge is 2.19. The first-order valence-corrected chi connectivity index (χ1v) is 6.94. The molecule has 1 atom stereocenters. The molecular formula is C10H15N5O2S. The van der Waals surface area contributed by atoms with Crippen molar-refractivity contribution in [3.05, 3.63) is 30.9 Å². The van der Waals surface area contributed by atoms with Crippen LogP contribution in [-0.2, 0) is 23.6 Å². The Bertz CT molecular complexity index is 602. The molecule has 0 aliphatic carbocycles. The van der Waals surface area contributed by atoms with Crippen molar-refractivity contribution in [3.8, 4) is 0 Å². The molecule has 8 heteroatoms. The van der Waals surface area contributed by atoms with E-state index in [-0.39, 0.29) is 10.9 Å². The lowest BCUT2D eigenvalue weighted by molar-refractivity contribution is 0.494. The third-order valence-electron chi connectivity index (χ3n) is 2.37. The lowest BCUT2D eigenvalue weighted by Crippen LogP contribution is -2.35. The average Bonchev–Trinajstić information content (AvgIpc) is 2.88. The summed E-state index contributed by atoms with van der Waals surface area (Å²) >= 11 is 0. The monoisotopic (exact) mass is 269 g/mol. The van der Waals surface area contributed by atoms with E-state index in [9.17, 15) is 8.42 Å². The van der Waals surface area contributed by atoms with Crippen molar-refractivity contribution < 1.29 is 8.42 Å². The van der Waals surface area contributed by atoms with E-state index in [2.05, 4.69) is 14.9 Å². The fraction of sp³-hybridized carbons (Fsp3) is 0.400. The maximum atomic E-state index is 12.0. The Labute approximate surface area is 105 Å². The number of sulfonamides is 1. The molecule has 0 radical (unpaired) electrons. The van der Waals surface area contributed by atoms with E-state index in [0.29, 0.717) is 6.54 Å². The summed E-state index contributed by atoms with van der Waals surface area (Å²) in [7, 11) is -1.84. The molecular weight excluding hydrogens is 254 g/mol. The van der Waals surface area contributed by atoms with Gasteiger partial charge in [-0.1, -0.05) is 0 Å². The molecule has 0 saturated heterocycles. The second kappa shape index (κ2) is 4.91. The molecule has 0 aliphatic rings. The summed E-state index contributed by atoms with van der Waals surface area (Å²) in [5.74, 6) is 0. The Morgan fingerprint density at radius 3 is 2.78 bits per heavy atom. The zero-order valence-corrected chi connectivity index (χ0v) is 11.0. The first-order chi connectivity index (χ1) is 8.47. The quantitative estimate of drug-likeness (QED) is 0.827. The number of nitrogens with zero attached hydrogens (tertiary/aromatic N) is 4. The molecule has 0 aromatic carbocycles. The predicted octanol–water partition coefficient (Wildman–Crippen LogP) is -0.0164. The summed E-state index contributed by atoms with van der Waals surface area (Å²) in [4.78, 5) is 0.164. The van der Waals surface area contributed by atoms with Crippen molar-refractivity contribution in [1.29, 1.82) is 0 Å². The summed E-state index contributed by atoms with van der Waals surface area (Å²) in [5, 5.41) is 7.87. The van der Waals surface area contributed by atoms with Crippen LogP contribution in [0.15, 0.2) is 35.7 Å². The van der Waals surface area contributed by atoms with E-state index >= 15 is 0 Å². The standard InChI is InChI=1S/C10H15N5O2S/c1-9(7-15-5-3-4-11-15)13-18(16,17)10-6-12-14(2)8-10/h3-6,8-9,13H,7H2,1-2H3/t9-/m0/s1. The summed E-state index contributed by atoms with van der Waals surface area (Å²) in [6.07, 6.45) is 6.23. The van der Waals surface area contributed by atoms with Gasteiger partial charge >= 0.3 is 0 Å². The largest absolute Gasteiger partial charge is 0.274 e. The number of hydrogen-bond donors (Lipinski definition) is 1. The molecule has 98 valence electrons. The van der Waals surface area contributed by atoms with E-state index in [4.69, 9.17) is 0 Å². The maximum Gasteiger partial charge on any atom is 0.243 e. The number of aryl methyl sites for hydroxylation is 1. The third-order valence-corrected chi connectivity index (χ3v) is 3.91. The van der Waals surface area contributed by atoms with E-state index in [1.54, 1.807) is 37.1 Å². The van der Waals surface area contributed by atoms with Crippen LogP contribution in [0.5, 0.6) is 0 Å². The van der Waals surface area contributed by atoms with Crippen molar-refractivity contribution in [1.82, 2.24) is 24.3 Å². The van der Waals surface area contributed by atoms with Gasteiger partial charge in [0.05, 0.1) is 12.7 Å². The smallest absolute Gasteiger partial charge is 0.243 e. The number of nitrogens with one attached hydrogen (secondary N) is 1. The molecule has 1 N–H and O–H groups in total. The SMILES string of the molecule is C[C@@H](Cn1cccn1)NS(=O)(=O)c1cnn(C)c1. The van der Waals surface area contributed by atoms with Crippen molar-refractivity contribution >= 4 is 10.0 Å². The van der Waals surface area contributed by atoms with Gasteiger partial charge in [0, 0.05) is 31.7 Å². The topological polar surface area (TPSA) is 81.8 Å². The molecule has 0 aliphatic heterocycles. The van der Waals surface area contributed by atoms with Gasteiger partial charge in [-0.25, -0.2) is 13.1 Å². The van der Waals surface area contributed by atoms with Gasteiger partial charge in [-0.15, -0.1) is 0 Å². The Morgan fingerprint density at radius 1 is 1.44 bits per heavy atom. The number of hydrogen-bond acceptors (Lipinski definition) is 4. The second-order valence-electron chi connectivity index (χ2n) is 4.10. The van der Waals surface area contributed by atoms with Crippen LogP contribution in [0.3, 0.4) is 0 Å². The van der Waals surface area contributed by atoms with E-state index in [1.165, 1.54) is 17.1 Å². The first kappa shape index (κ1) is 12.8. The van der Waals surface area contributed by atoms with Crippen LogP contribution in [0.2, 0.25) is 0 Å². The van der Waals surface area contributed by atoms with E-state index in [0.717, 1.165) is 0 Å². The highest BCUT2D eigenvalue weighted by Crippen LogP contribution is 2.07. The van der Waals surface area contributed by atoms with Gasteiger partial charge in [-0.3, -0.25) is 9.36 Å². The summed E-state index contributed by atoms with van der Waals surface area (Å²) in [6.45, 7) is 2.27. The molecule has 2 aromatic rings. The normalized spacial score (nSPS) is 13.7.